The van der Waals surface area contributed by atoms with Crippen LogP contribution in [0, 0.1) is 0 Å². The summed E-state index contributed by atoms with van der Waals surface area (Å²) in [5, 5.41) is 0. The van der Waals surface area contributed by atoms with Gasteiger partial charge in [0.1, 0.15) is 5.60 Å². The van der Waals surface area contributed by atoms with E-state index in [-0.39, 0.29) is 5.60 Å². The number of ether oxygens (including phenoxy) is 2. The second-order valence-corrected chi connectivity index (χ2v) is 7.55. The summed E-state index contributed by atoms with van der Waals surface area (Å²) in [5.41, 5.74) is 1.01. The standard InChI is InChI=1S/C19H29N3O2/c1-2-8-20-17(5-1)13-22-11-12-23-16-19(15-22)7-6-18(24-19)14-21-9-3-4-10-21/h1-2,5,8,18H,3-4,6-7,9-16H2/t18-,19-/m1/s1. The van der Waals surface area contributed by atoms with Crippen molar-refractivity contribution in [2.45, 2.75) is 43.9 Å². The van der Waals surface area contributed by atoms with Gasteiger partial charge in [-0.05, 0) is 50.9 Å². The zero-order valence-corrected chi connectivity index (χ0v) is 14.5. The molecule has 1 spiro atoms. The van der Waals surface area contributed by atoms with Crippen molar-refractivity contribution in [3.63, 3.8) is 0 Å². The van der Waals surface area contributed by atoms with E-state index in [9.17, 15) is 0 Å². The summed E-state index contributed by atoms with van der Waals surface area (Å²) in [7, 11) is 0. The largest absolute Gasteiger partial charge is 0.377 e. The minimum Gasteiger partial charge on any atom is -0.377 e. The predicted octanol–water partition coefficient (Wildman–Crippen LogP) is 1.93. The van der Waals surface area contributed by atoms with E-state index in [1.807, 2.05) is 12.3 Å². The average molecular weight is 331 g/mol. The van der Waals surface area contributed by atoms with Crippen LogP contribution >= 0.6 is 0 Å². The third kappa shape index (κ3) is 3.97. The summed E-state index contributed by atoms with van der Waals surface area (Å²) in [4.78, 5) is 9.49. The molecule has 0 radical (unpaired) electrons. The number of hydrogen-bond donors (Lipinski definition) is 0. The Morgan fingerprint density at radius 3 is 2.92 bits per heavy atom. The zero-order valence-electron chi connectivity index (χ0n) is 14.5. The first kappa shape index (κ1) is 16.5. The Morgan fingerprint density at radius 2 is 2.08 bits per heavy atom. The quantitative estimate of drug-likeness (QED) is 0.843. The molecule has 5 heteroatoms. The molecule has 4 rings (SSSR count). The highest BCUT2D eigenvalue weighted by molar-refractivity contribution is 5.04. The lowest BCUT2D eigenvalue weighted by atomic mass is 10.00. The first-order valence-corrected chi connectivity index (χ1v) is 9.42. The fourth-order valence-corrected chi connectivity index (χ4v) is 4.34. The van der Waals surface area contributed by atoms with E-state index < -0.39 is 0 Å². The lowest BCUT2D eigenvalue weighted by molar-refractivity contribution is -0.0914. The number of hydrogen-bond acceptors (Lipinski definition) is 5. The Morgan fingerprint density at radius 1 is 1.17 bits per heavy atom. The second-order valence-electron chi connectivity index (χ2n) is 7.55. The van der Waals surface area contributed by atoms with E-state index in [2.05, 4.69) is 26.9 Å². The molecule has 1 aromatic rings. The van der Waals surface area contributed by atoms with Gasteiger partial charge in [-0.15, -0.1) is 0 Å². The highest BCUT2D eigenvalue weighted by Crippen LogP contribution is 2.34. The average Bonchev–Trinajstić information content (AvgIpc) is 3.19. The first-order valence-electron chi connectivity index (χ1n) is 9.42. The maximum atomic E-state index is 6.57. The maximum absolute atomic E-state index is 6.57. The topological polar surface area (TPSA) is 37.8 Å². The lowest BCUT2D eigenvalue weighted by Crippen LogP contribution is -2.45. The number of likely N-dealkylation sites (tertiary alicyclic amines) is 1. The molecule has 0 aliphatic carbocycles. The van der Waals surface area contributed by atoms with Gasteiger partial charge in [-0.25, -0.2) is 0 Å². The molecule has 24 heavy (non-hydrogen) atoms. The summed E-state index contributed by atoms with van der Waals surface area (Å²) in [6, 6.07) is 6.13. The molecule has 1 aromatic heterocycles. The number of nitrogens with zero attached hydrogens (tertiary/aromatic N) is 3. The smallest absolute Gasteiger partial charge is 0.105 e. The van der Waals surface area contributed by atoms with Crippen molar-refractivity contribution in [1.29, 1.82) is 0 Å². The minimum absolute atomic E-state index is 0.115. The number of aromatic nitrogens is 1. The van der Waals surface area contributed by atoms with Crippen molar-refractivity contribution in [2.24, 2.45) is 0 Å². The number of rotatable bonds is 4. The van der Waals surface area contributed by atoms with Gasteiger partial charge in [0.25, 0.3) is 0 Å². The van der Waals surface area contributed by atoms with Crippen LogP contribution in [0.5, 0.6) is 0 Å². The van der Waals surface area contributed by atoms with Crippen molar-refractivity contribution in [2.75, 3.05) is 45.9 Å². The summed E-state index contributed by atoms with van der Waals surface area (Å²) in [6.07, 6.45) is 7.22. The maximum Gasteiger partial charge on any atom is 0.105 e. The van der Waals surface area contributed by atoms with Crippen molar-refractivity contribution in [3.05, 3.63) is 30.1 Å². The van der Waals surface area contributed by atoms with E-state index in [4.69, 9.17) is 9.47 Å². The fraction of sp³-hybridized carbons (Fsp3) is 0.737. The van der Waals surface area contributed by atoms with Crippen LogP contribution in [-0.2, 0) is 16.0 Å². The molecule has 5 nitrogen and oxygen atoms in total. The molecular weight excluding hydrogens is 302 g/mol. The molecule has 4 heterocycles. The van der Waals surface area contributed by atoms with Crippen molar-refractivity contribution in [3.8, 4) is 0 Å². The van der Waals surface area contributed by atoms with Crippen LogP contribution in [0.15, 0.2) is 24.4 Å². The van der Waals surface area contributed by atoms with E-state index in [0.717, 1.165) is 57.9 Å². The van der Waals surface area contributed by atoms with Gasteiger partial charge < -0.3 is 14.4 Å². The molecule has 3 aliphatic heterocycles. The molecule has 0 N–H and O–H groups in total. The summed E-state index contributed by atoms with van der Waals surface area (Å²) in [6.45, 7) is 7.91. The van der Waals surface area contributed by atoms with Crippen LogP contribution in [0.1, 0.15) is 31.4 Å². The van der Waals surface area contributed by atoms with Gasteiger partial charge in [-0.3, -0.25) is 9.88 Å². The molecule has 0 amide bonds. The van der Waals surface area contributed by atoms with Crippen LogP contribution in [-0.4, -0.2) is 72.4 Å². The van der Waals surface area contributed by atoms with Crippen molar-refractivity contribution in [1.82, 2.24) is 14.8 Å². The number of pyridine rings is 1. The van der Waals surface area contributed by atoms with Crippen molar-refractivity contribution >= 4 is 0 Å². The Bertz CT molecular complexity index is 521. The molecule has 0 bridgehead atoms. The van der Waals surface area contributed by atoms with Crippen LogP contribution in [0.2, 0.25) is 0 Å². The Labute approximate surface area is 144 Å². The lowest BCUT2D eigenvalue weighted by Gasteiger charge is -2.32. The van der Waals surface area contributed by atoms with Crippen LogP contribution < -0.4 is 0 Å². The van der Waals surface area contributed by atoms with Crippen LogP contribution in [0.4, 0.5) is 0 Å². The molecular formula is C19H29N3O2. The SMILES string of the molecule is c1ccc(CN2CCOC[C@@]3(CC[C@H](CN4CCCC4)O3)C2)nc1. The summed E-state index contributed by atoms with van der Waals surface area (Å²) < 4.78 is 12.5. The minimum atomic E-state index is -0.115. The Hall–Kier alpha value is -1.01. The Kier molecular flexibility index (Phi) is 5.13. The molecule has 3 aliphatic rings. The summed E-state index contributed by atoms with van der Waals surface area (Å²) >= 11 is 0. The third-order valence-electron chi connectivity index (χ3n) is 5.54. The molecule has 3 fully saturated rings. The van der Waals surface area contributed by atoms with Crippen molar-refractivity contribution < 1.29 is 9.47 Å². The van der Waals surface area contributed by atoms with E-state index >= 15 is 0 Å². The zero-order chi connectivity index (χ0) is 16.2. The van der Waals surface area contributed by atoms with Gasteiger partial charge in [-0.2, -0.15) is 0 Å². The van der Waals surface area contributed by atoms with Gasteiger partial charge in [-0.1, -0.05) is 6.07 Å². The van der Waals surface area contributed by atoms with Crippen LogP contribution in [0.25, 0.3) is 0 Å². The van der Waals surface area contributed by atoms with E-state index in [0.29, 0.717) is 6.10 Å². The Balaban J connectivity index is 1.37. The van der Waals surface area contributed by atoms with Gasteiger partial charge in [0.15, 0.2) is 0 Å². The van der Waals surface area contributed by atoms with Crippen LogP contribution in [0.3, 0.4) is 0 Å². The van der Waals surface area contributed by atoms with Gasteiger partial charge in [0.2, 0.25) is 0 Å². The van der Waals surface area contributed by atoms with Gasteiger partial charge in [0, 0.05) is 32.4 Å². The van der Waals surface area contributed by atoms with Gasteiger partial charge in [0.05, 0.1) is 25.0 Å². The molecule has 132 valence electrons. The molecule has 2 atom stereocenters. The fourth-order valence-electron chi connectivity index (χ4n) is 4.34. The second kappa shape index (κ2) is 7.48. The highest BCUT2D eigenvalue weighted by atomic mass is 16.6. The van der Waals surface area contributed by atoms with E-state index in [1.54, 1.807) is 0 Å². The first-order chi connectivity index (χ1) is 11.8. The monoisotopic (exact) mass is 331 g/mol. The van der Waals surface area contributed by atoms with E-state index in [1.165, 1.54) is 25.9 Å². The molecule has 0 saturated carbocycles. The highest BCUT2D eigenvalue weighted by Gasteiger charge is 2.43. The molecule has 3 saturated heterocycles. The third-order valence-corrected chi connectivity index (χ3v) is 5.54. The molecule has 0 unspecified atom stereocenters. The summed E-state index contributed by atoms with van der Waals surface area (Å²) in [5.74, 6) is 0. The molecule has 0 aromatic carbocycles. The predicted molar refractivity (Wildman–Crippen MR) is 92.8 cm³/mol. The van der Waals surface area contributed by atoms with Gasteiger partial charge >= 0.3 is 0 Å². The normalized spacial score (nSPS) is 32.4.